The average molecular weight is 536 g/mol. The molecule has 0 radical (unpaired) electrons. The van der Waals surface area contributed by atoms with E-state index in [0.29, 0.717) is 6.04 Å². The third-order valence-corrected chi connectivity index (χ3v) is 6.66. The fourth-order valence-corrected chi connectivity index (χ4v) is 4.92. The van der Waals surface area contributed by atoms with Crippen molar-refractivity contribution < 1.29 is 0 Å². The maximum Gasteiger partial charge on any atom is 0.191 e. The van der Waals surface area contributed by atoms with Crippen molar-refractivity contribution in [3.63, 3.8) is 0 Å². The van der Waals surface area contributed by atoms with Gasteiger partial charge in [-0.15, -0.1) is 35.3 Å². The first-order chi connectivity index (χ1) is 13.7. The van der Waals surface area contributed by atoms with Gasteiger partial charge >= 0.3 is 0 Å². The molecule has 1 aliphatic rings. The molecule has 168 valence electrons. The Kier molecular flexibility index (Phi) is 14.1. The predicted molar refractivity (Wildman–Crippen MR) is 138 cm³/mol. The first-order valence-corrected chi connectivity index (χ1v) is 12.2. The van der Waals surface area contributed by atoms with Gasteiger partial charge in [0, 0.05) is 30.4 Å². The van der Waals surface area contributed by atoms with Crippen LogP contribution in [0.1, 0.15) is 75.4 Å². The van der Waals surface area contributed by atoms with Crippen LogP contribution < -0.4 is 10.6 Å². The van der Waals surface area contributed by atoms with Gasteiger partial charge in [-0.05, 0) is 78.4 Å². The van der Waals surface area contributed by atoms with E-state index < -0.39 is 0 Å². The molecule has 0 amide bonds. The van der Waals surface area contributed by atoms with E-state index in [0.717, 1.165) is 45.0 Å². The largest absolute Gasteiger partial charge is 0.357 e. The number of hydrogen-bond acceptors (Lipinski definition) is 4. The molecule has 0 saturated heterocycles. The number of rotatable bonds is 12. The van der Waals surface area contributed by atoms with E-state index >= 15 is 0 Å². The van der Waals surface area contributed by atoms with Crippen LogP contribution in [-0.4, -0.2) is 54.6 Å². The van der Waals surface area contributed by atoms with Gasteiger partial charge in [0.1, 0.15) is 0 Å². The van der Waals surface area contributed by atoms with Crippen molar-refractivity contribution in [2.45, 2.75) is 85.1 Å². The molecule has 0 aliphatic heterocycles. The van der Waals surface area contributed by atoms with E-state index in [1.165, 1.54) is 55.8 Å². The first kappa shape index (κ1) is 26.6. The monoisotopic (exact) mass is 535 g/mol. The third-order valence-electron chi connectivity index (χ3n) is 5.44. The zero-order valence-corrected chi connectivity index (χ0v) is 22.1. The van der Waals surface area contributed by atoms with Crippen LogP contribution in [0.3, 0.4) is 0 Å². The van der Waals surface area contributed by atoms with Gasteiger partial charge in [0.2, 0.25) is 0 Å². The Balaban J connectivity index is 0.00000420. The second-order valence-electron chi connectivity index (χ2n) is 7.76. The number of fused-ring (bicyclic) bond motifs is 1. The Bertz CT molecular complexity index is 562. The maximum atomic E-state index is 4.85. The van der Waals surface area contributed by atoms with Crippen LogP contribution >= 0.6 is 35.3 Å². The van der Waals surface area contributed by atoms with Crippen LogP contribution in [-0.2, 0) is 19.3 Å². The standard InChI is InChI=1S/C22H41N5S.HI/c1-5-23-22(25-18(4)12-11-17-27(6-2)7-3)24-16-10-15-21-26-19-13-8-9-14-20(19)28-21;/h18H,5-17H2,1-4H3,(H2,23,24,25);1H. The molecule has 1 aromatic heterocycles. The van der Waals surface area contributed by atoms with Gasteiger partial charge in [-0.1, -0.05) is 13.8 Å². The third kappa shape index (κ3) is 9.96. The summed E-state index contributed by atoms with van der Waals surface area (Å²) in [5.74, 6) is 0.955. The molecule has 1 unspecified atom stereocenters. The first-order valence-electron chi connectivity index (χ1n) is 11.4. The van der Waals surface area contributed by atoms with Gasteiger partial charge < -0.3 is 15.5 Å². The lowest BCUT2D eigenvalue weighted by Crippen LogP contribution is -2.42. The van der Waals surface area contributed by atoms with E-state index in [9.17, 15) is 0 Å². The lowest BCUT2D eigenvalue weighted by atomic mass is 10.0. The van der Waals surface area contributed by atoms with Crippen LogP contribution in [0, 0.1) is 0 Å². The van der Waals surface area contributed by atoms with E-state index in [1.54, 1.807) is 4.88 Å². The van der Waals surface area contributed by atoms with Crippen molar-refractivity contribution in [1.82, 2.24) is 20.5 Å². The van der Waals surface area contributed by atoms with Crippen LogP contribution in [0.15, 0.2) is 4.99 Å². The summed E-state index contributed by atoms with van der Waals surface area (Å²) in [5.41, 5.74) is 1.38. The van der Waals surface area contributed by atoms with Gasteiger partial charge in [-0.2, -0.15) is 0 Å². The van der Waals surface area contributed by atoms with Crippen LogP contribution in [0.25, 0.3) is 0 Å². The number of nitrogens with one attached hydrogen (secondary N) is 2. The second-order valence-corrected chi connectivity index (χ2v) is 8.93. The Morgan fingerprint density at radius 1 is 1.17 bits per heavy atom. The van der Waals surface area contributed by atoms with Gasteiger partial charge in [0.25, 0.3) is 0 Å². The highest BCUT2D eigenvalue weighted by molar-refractivity contribution is 14.0. The van der Waals surface area contributed by atoms with E-state index in [1.807, 2.05) is 11.3 Å². The number of halogens is 1. The molecule has 0 aromatic carbocycles. The van der Waals surface area contributed by atoms with Crippen molar-refractivity contribution in [3.05, 3.63) is 15.6 Å². The lowest BCUT2D eigenvalue weighted by molar-refractivity contribution is 0.292. The number of aromatic nitrogens is 1. The molecular formula is C22H42IN5S. The summed E-state index contributed by atoms with van der Waals surface area (Å²) in [6.45, 7) is 14.1. The summed E-state index contributed by atoms with van der Waals surface area (Å²) >= 11 is 1.94. The van der Waals surface area contributed by atoms with Crippen LogP contribution in [0.5, 0.6) is 0 Å². The molecule has 1 atom stereocenters. The summed E-state index contributed by atoms with van der Waals surface area (Å²) < 4.78 is 0. The zero-order chi connectivity index (χ0) is 20.2. The molecular weight excluding hydrogens is 493 g/mol. The topological polar surface area (TPSA) is 52.6 Å². The summed E-state index contributed by atoms with van der Waals surface area (Å²) in [5, 5.41) is 8.27. The van der Waals surface area contributed by atoms with E-state index in [-0.39, 0.29) is 24.0 Å². The SMILES string of the molecule is CCNC(=NCCCc1nc2c(s1)CCCC2)NC(C)CCCN(CC)CC.I. The molecule has 2 rings (SSSR count). The number of hydrogen-bond donors (Lipinski definition) is 2. The Labute approximate surface area is 199 Å². The normalized spacial score (nSPS) is 15.0. The second kappa shape index (κ2) is 15.4. The number of aliphatic imine (C=N–C) groups is 1. The number of thiazole rings is 1. The van der Waals surface area contributed by atoms with Crippen LogP contribution in [0.2, 0.25) is 0 Å². The van der Waals surface area contributed by atoms with Crippen molar-refractivity contribution in [2.24, 2.45) is 4.99 Å². The minimum atomic E-state index is 0. The number of nitrogens with zero attached hydrogens (tertiary/aromatic N) is 3. The lowest BCUT2D eigenvalue weighted by Gasteiger charge is -2.21. The van der Waals surface area contributed by atoms with Crippen molar-refractivity contribution in [1.29, 1.82) is 0 Å². The van der Waals surface area contributed by atoms with E-state index in [2.05, 4.69) is 43.2 Å². The van der Waals surface area contributed by atoms with Crippen molar-refractivity contribution in [2.75, 3.05) is 32.7 Å². The molecule has 2 N–H and O–H groups in total. The Morgan fingerprint density at radius 3 is 2.62 bits per heavy atom. The van der Waals surface area contributed by atoms with Crippen molar-refractivity contribution in [3.8, 4) is 0 Å². The molecule has 1 heterocycles. The molecule has 0 fully saturated rings. The number of aryl methyl sites for hydroxylation is 3. The van der Waals surface area contributed by atoms with Gasteiger partial charge in [-0.25, -0.2) is 4.98 Å². The highest BCUT2D eigenvalue weighted by atomic mass is 127. The maximum absolute atomic E-state index is 4.85. The van der Waals surface area contributed by atoms with Crippen LogP contribution in [0.4, 0.5) is 0 Å². The minimum Gasteiger partial charge on any atom is -0.357 e. The molecule has 29 heavy (non-hydrogen) atoms. The van der Waals surface area contributed by atoms with Gasteiger partial charge in [-0.3, -0.25) is 4.99 Å². The average Bonchev–Trinajstić information content (AvgIpc) is 3.11. The molecule has 0 spiro atoms. The van der Waals surface area contributed by atoms with Gasteiger partial charge in [0.15, 0.2) is 5.96 Å². The quantitative estimate of drug-likeness (QED) is 0.177. The molecule has 1 aliphatic carbocycles. The predicted octanol–water partition coefficient (Wildman–Crippen LogP) is 4.64. The summed E-state index contributed by atoms with van der Waals surface area (Å²) in [4.78, 5) is 13.7. The fraction of sp³-hybridized carbons (Fsp3) is 0.818. The highest BCUT2D eigenvalue weighted by Gasteiger charge is 2.14. The molecule has 1 aromatic rings. The van der Waals surface area contributed by atoms with E-state index in [4.69, 9.17) is 9.98 Å². The molecule has 0 bridgehead atoms. The highest BCUT2D eigenvalue weighted by Crippen LogP contribution is 2.27. The minimum absolute atomic E-state index is 0. The summed E-state index contributed by atoms with van der Waals surface area (Å²) in [6.07, 6.45) is 9.60. The Hall–Kier alpha value is -0.410. The molecule has 7 heteroatoms. The summed E-state index contributed by atoms with van der Waals surface area (Å²) in [7, 11) is 0. The fourth-order valence-electron chi connectivity index (χ4n) is 3.72. The molecule has 0 saturated carbocycles. The van der Waals surface area contributed by atoms with Gasteiger partial charge in [0.05, 0.1) is 10.7 Å². The van der Waals surface area contributed by atoms with Crippen molar-refractivity contribution >= 4 is 41.3 Å². The number of guanidine groups is 1. The summed E-state index contributed by atoms with van der Waals surface area (Å²) in [6, 6.07) is 0.444. The Morgan fingerprint density at radius 2 is 1.93 bits per heavy atom. The zero-order valence-electron chi connectivity index (χ0n) is 18.9. The molecule has 5 nitrogen and oxygen atoms in total. The smallest absolute Gasteiger partial charge is 0.191 e.